The van der Waals surface area contributed by atoms with Crippen LogP contribution >= 0.6 is 0 Å². The summed E-state index contributed by atoms with van der Waals surface area (Å²) in [5.41, 5.74) is 9.97. The van der Waals surface area contributed by atoms with E-state index in [1.54, 1.807) is 12.4 Å². The van der Waals surface area contributed by atoms with Crippen LogP contribution in [0.1, 0.15) is 17.0 Å². The summed E-state index contributed by atoms with van der Waals surface area (Å²) in [5.74, 6) is 0.963. The van der Waals surface area contributed by atoms with Gasteiger partial charge in [0.1, 0.15) is 5.82 Å². The molecule has 0 saturated heterocycles. The van der Waals surface area contributed by atoms with Crippen LogP contribution in [-0.4, -0.2) is 15.0 Å². The van der Waals surface area contributed by atoms with E-state index in [0.717, 1.165) is 28.8 Å². The summed E-state index contributed by atoms with van der Waals surface area (Å²) in [6, 6.07) is 10.1. The minimum Gasteiger partial charge on any atom is -0.342 e. The van der Waals surface area contributed by atoms with Gasteiger partial charge in [-0.05, 0) is 35.4 Å². The Hall–Kier alpha value is -2.20. The topological polar surface area (TPSA) is 67.6 Å². The standard InChI is InChI=1S/C14H14N4/c15-9-11-1-2-12-13(7-11)18-14(17-12)8-10-3-5-16-6-4-10/h1-7H,8-9,15H2,(H,17,18). The van der Waals surface area contributed by atoms with E-state index in [0.29, 0.717) is 6.54 Å². The van der Waals surface area contributed by atoms with Gasteiger partial charge in [0.25, 0.3) is 0 Å². The smallest absolute Gasteiger partial charge is 0.111 e. The number of nitrogens with zero attached hydrogens (tertiary/aromatic N) is 2. The van der Waals surface area contributed by atoms with Crippen molar-refractivity contribution in [1.82, 2.24) is 15.0 Å². The molecule has 0 aliphatic heterocycles. The molecule has 4 heteroatoms. The number of imidazole rings is 1. The molecule has 18 heavy (non-hydrogen) atoms. The average Bonchev–Trinajstić information content (AvgIpc) is 2.80. The molecule has 0 bridgehead atoms. The molecule has 0 radical (unpaired) electrons. The Morgan fingerprint density at radius 2 is 1.89 bits per heavy atom. The van der Waals surface area contributed by atoms with Gasteiger partial charge in [0.2, 0.25) is 0 Å². The fourth-order valence-corrected chi connectivity index (χ4v) is 2.01. The molecule has 3 N–H and O–H groups in total. The van der Waals surface area contributed by atoms with Crippen molar-refractivity contribution in [2.75, 3.05) is 0 Å². The summed E-state index contributed by atoms with van der Waals surface area (Å²) in [6.45, 7) is 0.550. The molecule has 0 spiro atoms. The maximum absolute atomic E-state index is 5.63. The second kappa shape index (κ2) is 4.58. The first kappa shape index (κ1) is 10.9. The highest BCUT2D eigenvalue weighted by Crippen LogP contribution is 2.15. The highest BCUT2D eigenvalue weighted by Gasteiger charge is 2.04. The molecule has 0 fully saturated rings. The Bertz CT molecular complexity index is 658. The zero-order chi connectivity index (χ0) is 12.4. The molecular formula is C14H14N4. The number of aromatic amines is 1. The van der Waals surface area contributed by atoms with Gasteiger partial charge in [0.15, 0.2) is 0 Å². The molecule has 3 aromatic rings. The van der Waals surface area contributed by atoms with Crippen LogP contribution in [0.3, 0.4) is 0 Å². The Morgan fingerprint density at radius 1 is 1.06 bits per heavy atom. The minimum atomic E-state index is 0.550. The summed E-state index contributed by atoms with van der Waals surface area (Å²) in [5, 5.41) is 0. The summed E-state index contributed by atoms with van der Waals surface area (Å²) in [7, 11) is 0. The average molecular weight is 238 g/mol. The van der Waals surface area contributed by atoms with E-state index in [9.17, 15) is 0 Å². The van der Waals surface area contributed by atoms with Gasteiger partial charge in [0.05, 0.1) is 11.0 Å². The molecule has 0 aliphatic rings. The largest absolute Gasteiger partial charge is 0.342 e. The zero-order valence-electron chi connectivity index (χ0n) is 9.93. The van der Waals surface area contributed by atoms with Crippen molar-refractivity contribution in [1.29, 1.82) is 0 Å². The van der Waals surface area contributed by atoms with Crippen LogP contribution in [0, 0.1) is 0 Å². The molecule has 90 valence electrons. The lowest BCUT2D eigenvalue weighted by Gasteiger charge is -1.95. The monoisotopic (exact) mass is 238 g/mol. The van der Waals surface area contributed by atoms with Gasteiger partial charge in [0, 0.05) is 25.4 Å². The summed E-state index contributed by atoms with van der Waals surface area (Å²) < 4.78 is 0. The van der Waals surface area contributed by atoms with E-state index in [4.69, 9.17) is 5.73 Å². The Morgan fingerprint density at radius 3 is 2.67 bits per heavy atom. The normalized spacial score (nSPS) is 10.9. The molecule has 2 heterocycles. The van der Waals surface area contributed by atoms with E-state index < -0.39 is 0 Å². The lowest BCUT2D eigenvalue weighted by Crippen LogP contribution is -1.95. The maximum atomic E-state index is 5.63. The fraction of sp³-hybridized carbons (Fsp3) is 0.143. The van der Waals surface area contributed by atoms with Crippen LogP contribution in [0.5, 0.6) is 0 Å². The van der Waals surface area contributed by atoms with Gasteiger partial charge in [-0.2, -0.15) is 0 Å². The number of benzene rings is 1. The van der Waals surface area contributed by atoms with E-state index in [2.05, 4.69) is 21.0 Å². The van der Waals surface area contributed by atoms with Crippen molar-refractivity contribution in [3.63, 3.8) is 0 Å². The van der Waals surface area contributed by atoms with Crippen LogP contribution in [0.25, 0.3) is 11.0 Å². The number of rotatable bonds is 3. The van der Waals surface area contributed by atoms with Gasteiger partial charge in [-0.3, -0.25) is 4.98 Å². The van der Waals surface area contributed by atoms with E-state index in [1.165, 1.54) is 5.56 Å². The van der Waals surface area contributed by atoms with Crippen LogP contribution in [0.4, 0.5) is 0 Å². The number of hydrogen-bond acceptors (Lipinski definition) is 3. The first-order valence-corrected chi connectivity index (χ1v) is 5.91. The van der Waals surface area contributed by atoms with Gasteiger partial charge >= 0.3 is 0 Å². The Kier molecular flexibility index (Phi) is 2.78. The van der Waals surface area contributed by atoms with Crippen molar-refractivity contribution in [2.24, 2.45) is 5.73 Å². The maximum Gasteiger partial charge on any atom is 0.111 e. The number of aromatic nitrogens is 3. The molecule has 0 unspecified atom stereocenters. The molecule has 4 nitrogen and oxygen atoms in total. The predicted molar refractivity (Wildman–Crippen MR) is 71.0 cm³/mol. The predicted octanol–water partition coefficient (Wildman–Crippen LogP) is 2.01. The molecule has 3 rings (SSSR count). The van der Waals surface area contributed by atoms with Crippen molar-refractivity contribution < 1.29 is 0 Å². The van der Waals surface area contributed by atoms with Crippen LogP contribution < -0.4 is 5.73 Å². The van der Waals surface area contributed by atoms with Crippen LogP contribution in [-0.2, 0) is 13.0 Å². The second-order valence-corrected chi connectivity index (χ2v) is 4.27. The Balaban J connectivity index is 1.94. The van der Waals surface area contributed by atoms with Gasteiger partial charge in [-0.25, -0.2) is 4.98 Å². The summed E-state index contributed by atoms with van der Waals surface area (Å²) in [6.07, 6.45) is 4.38. The van der Waals surface area contributed by atoms with Crippen molar-refractivity contribution in [3.05, 3.63) is 59.7 Å². The van der Waals surface area contributed by atoms with Gasteiger partial charge in [-0.1, -0.05) is 6.07 Å². The van der Waals surface area contributed by atoms with Crippen molar-refractivity contribution in [2.45, 2.75) is 13.0 Å². The van der Waals surface area contributed by atoms with E-state index in [-0.39, 0.29) is 0 Å². The number of nitrogens with two attached hydrogens (primary N) is 1. The third-order valence-corrected chi connectivity index (χ3v) is 2.95. The minimum absolute atomic E-state index is 0.550. The van der Waals surface area contributed by atoms with E-state index in [1.807, 2.05) is 24.3 Å². The number of nitrogens with one attached hydrogen (secondary N) is 1. The third-order valence-electron chi connectivity index (χ3n) is 2.95. The highest BCUT2D eigenvalue weighted by molar-refractivity contribution is 5.75. The zero-order valence-corrected chi connectivity index (χ0v) is 9.93. The molecule has 2 aromatic heterocycles. The molecule has 0 amide bonds. The number of hydrogen-bond donors (Lipinski definition) is 2. The molecule has 0 atom stereocenters. The number of fused-ring (bicyclic) bond motifs is 1. The van der Waals surface area contributed by atoms with E-state index >= 15 is 0 Å². The van der Waals surface area contributed by atoms with Crippen molar-refractivity contribution >= 4 is 11.0 Å². The molecule has 1 aromatic carbocycles. The lowest BCUT2D eigenvalue weighted by atomic mass is 10.2. The Labute approximate surface area is 105 Å². The highest BCUT2D eigenvalue weighted by atomic mass is 14.9. The van der Waals surface area contributed by atoms with Crippen molar-refractivity contribution in [3.8, 4) is 0 Å². The molecule has 0 saturated carbocycles. The fourth-order valence-electron chi connectivity index (χ4n) is 2.01. The molecule has 0 aliphatic carbocycles. The van der Waals surface area contributed by atoms with Gasteiger partial charge < -0.3 is 10.7 Å². The quantitative estimate of drug-likeness (QED) is 0.733. The first-order valence-electron chi connectivity index (χ1n) is 5.91. The number of H-pyrrole nitrogens is 1. The number of pyridine rings is 1. The third kappa shape index (κ3) is 2.10. The second-order valence-electron chi connectivity index (χ2n) is 4.27. The molecular weight excluding hydrogens is 224 g/mol. The summed E-state index contributed by atoms with van der Waals surface area (Å²) >= 11 is 0. The van der Waals surface area contributed by atoms with Gasteiger partial charge in [-0.15, -0.1) is 0 Å². The first-order chi connectivity index (χ1) is 8.85. The van der Waals surface area contributed by atoms with Crippen LogP contribution in [0.15, 0.2) is 42.7 Å². The summed E-state index contributed by atoms with van der Waals surface area (Å²) in [4.78, 5) is 11.9. The SMILES string of the molecule is NCc1ccc2nc(Cc3ccncc3)[nH]c2c1. The lowest BCUT2D eigenvalue weighted by molar-refractivity contribution is 1.03. The van der Waals surface area contributed by atoms with Crippen LogP contribution in [0.2, 0.25) is 0 Å².